The molecule has 0 bridgehead atoms. The van der Waals surface area contributed by atoms with E-state index in [0.29, 0.717) is 5.82 Å². The number of benzene rings is 1. The molecule has 0 aliphatic carbocycles. The molecule has 0 unspecified atom stereocenters. The molecule has 1 aromatic carbocycles. The van der Waals surface area contributed by atoms with Gasteiger partial charge in [0.25, 0.3) is 0 Å². The predicted octanol–water partition coefficient (Wildman–Crippen LogP) is 2.75. The average Bonchev–Trinajstić information content (AvgIpc) is 2.36. The van der Waals surface area contributed by atoms with Crippen molar-refractivity contribution in [3.63, 3.8) is 0 Å². The molecule has 19 heavy (non-hydrogen) atoms. The van der Waals surface area contributed by atoms with Crippen LogP contribution in [0.4, 0.5) is 11.5 Å². The minimum Gasteiger partial charge on any atom is -0.376 e. The van der Waals surface area contributed by atoms with E-state index in [9.17, 15) is 4.79 Å². The summed E-state index contributed by atoms with van der Waals surface area (Å²) >= 11 is 0. The maximum absolute atomic E-state index is 11.8. The first-order valence-electron chi connectivity index (χ1n) is 6.17. The van der Waals surface area contributed by atoms with Crippen molar-refractivity contribution in [2.75, 3.05) is 17.2 Å². The molecule has 4 nitrogen and oxygen atoms in total. The van der Waals surface area contributed by atoms with E-state index in [0.717, 1.165) is 16.9 Å². The number of aryl methyl sites for hydroxylation is 2. The minimum absolute atomic E-state index is 0.110. The van der Waals surface area contributed by atoms with Crippen LogP contribution >= 0.6 is 0 Å². The summed E-state index contributed by atoms with van der Waals surface area (Å²) in [5, 5.41) is 5.84. The van der Waals surface area contributed by atoms with Gasteiger partial charge in [0.2, 0.25) is 5.91 Å². The number of carbonyl (C=O) groups excluding carboxylic acids is 1. The fraction of sp³-hybridized carbons (Fsp3) is 0.200. The van der Waals surface area contributed by atoms with Gasteiger partial charge in [0.1, 0.15) is 5.82 Å². The number of nitrogens with zero attached hydrogens (tertiary/aromatic N) is 1. The van der Waals surface area contributed by atoms with Crippen molar-refractivity contribution < 1.29 is 4.79 Å². The molecule has 0 fully saturated rings. The first-order chi connectivity index (χ1) is 9.13. The molecule has 0 aliphatic rings. The zero-order chi connectivity index (χ0) is 13.7. The highest BCUT2D eigenvalue weighted by atomic mass is 16.1. The smallest absolute Gasteiger partial charge is 0.244 e. The Morgan fingerprint density at radius 1 is 1.16 bits per heavy atom. The highest BCUT2D eigenvalue weighted by Crippen LogP contribution is 2.09. The molecule has 0 saturated carbocycles. The molecular formula is C15H17N3O. The van der Waals surface area contributed by atoms with Crippen LogP contribution in [0.3, 0.4) is 0 Å². The fourth-order valence-electron chi connectivity index (χ4n) is 1.83. The second-order valence-electron chi connectivity index (χ2n) is 4.44. The molecule has 1 heterocycles. The van der Waals surface area contributed by atoms with Gasteiger partial charge < -0.3 is 10.6 Å². The second kappa shape index (κ2) is 6.00. The number of aromatic nitrogens is 1. The third-order valence-electron chi connectivity index (χ3n) is 2.59. The first-order valence-corrected chi connectivity index (χ1v) is 6.17. The highest BCUT2D eigenvalue weighted by molar-refractivity contribution is 5.93. The Kier molecular flexibility index (Phi) is 4.13. The van der Waals surface area contributed by atoms with E-state index in [1.165, 1.54) is 0 Å². The van der Waals surface area contributed by atoms with Crippen molar-refractivity contribution in [1.29, 1.82) is 0 Å². The van der Waals surface area contributed by atoms with Crippen LogP contribution in [0.2, 0.25) is 0 Å². The molecule has 0 aliphatic heterocycles. The van der Waals surface area contributed by atoms with E-state index in [1.807, 2.05) is 56.3 Å². The van der Waals surface area contributed by atoms with E-state index in [4.69, 9.17) is 0 Å². The number of para-hydroxylation sites is 1. The molecule has 2 rings (SSSR count). The van der Waals surface area contributed by atoms with Crippen LogP contribution in [0.1, 0.15) is 11.3 Å². The lowest BCUT2D eigenvalue weighted by Crippen LogP contribution is -2.22. The summed E-state index contributed by atoms with van der Waals surface area (Å²) < 4.78 is 0. The largest absolute Gasteiger partial charge is 0.376 e. The maximum Gasteiger partial charge on any atom is 0.244 e. The van der Waals surface area contributed by atoms with Crippen LogP contribution in [-0.2, 0) is 4.79 Å². The Morgan fingerprint density at radius 3 is 2.58 bits per heavy atom. The molecule has 1 amide bonds. The van der Waals surface area contributed by atoms with Crippen LogP contribution in [0.25, 0.3) is 0 Å². The van der Waals surface area contributed by atoms with E-state index >= 15 is 0 Å². The highest BCUT2D eigenvalue weighted by Gasteiger charge is 2.04. The quantitative estimate of drug-likeness (QED) is 0.883. The predicted molar refractivity (Wildman–Crippen MR) is 77.3 cm³/mol. The van der Waals surface area contributed by atoms with Crippen LogP contribution in [0.15, 0.2) is 42.5 Å². The van der Waals surface area contributed by atoms with Gasteiger partial charge in [-0.1, -0.05) is 18.2 Å². The zero-order valence-electron chi connectivity index (χ0n) is 11.1. The van der Waals surface area contributed by atoms with Crippen LogP contribution < -0.4 is 10.6 Å². The zero-order valence-corrected chi connectivity index (χ0v) is 11.1. The van der Waals surface area contributed by atoms with Crippen molar-refractivity contribution in [2.45, 2.75) is 13.8 Å². The third kappa shape index (κ3) is 4.10. The van der Waals surface area contributed by atoms with Gasteiger partial charge in [-0.25, -0.2) is 4.98 Å². The Morgan fingerprint density at radius 2 is 1.89 bits per heavy atom. The van der Waals surface area contributed by atoms with Gasteiger partial charge in [0, 0.05) is 11.4 Å². The standard InChI is InChI=1S/C15H17N3O/c1-11-8-12(2)17-14(9-11)18-15(19)10-16-13-6-4-3-5-7-13/h3-9,16H,10H2,1-2H3,(H,17,18,19). The minimum atomic E-state index is -0.110. The molecule has 0 radical (unpaired) electrons. The lowest BCUT2D eigenvalue weighted by molar-refractivity contribution is -0.114. The van der Waals surface area contributed by atoms with Crippen molar-refractivity contribution in [3.8, 4) is 0 Å². The van der Waals surface area contributed by atoms with Gasteiger partial charge in [-0.05, 0) is 43.7 Å². The number of hydrogen-bond donors (Lipinski definition) is 2. The fourth-order valence-corrected chi connectivity index (χ4v) is 1.83. The number of pyridine rings is 1. The topological polar surface area (TPSA) is 54.0 Å². The summed E-state index contributed by atoms with van der Waals surface area (Å²) in [4.78, 5) is 16.1. The number of carbonyl (C=O) groups is 1. The third-order valence-corrected chi connectivity index (χ3v) is 2.59. The number of nitrogens with one attached hydrogen (secondary N) is 2. The van der Waals surface area contributed by atoms with Crippen molar-refractivity contribution in [2.24, 2.45) is 0 Å². The maximum atomic E-state index is 11.8. The lowest BCUT2D eigenvalue weighted by atomic mass is 10.2. The molecule has 1 aromatic heterocycles. The number of rotatable bonds is 4. The van der Waals surface area contributed by atoms with Crippen LogP contribution in [-0.4, -0.2) is 17.4 Å². The molecule has 2 N–H and O–H groups in total. The molecular weight excluding hydrogens is 238 g/mol. The molecule has 0 atom stereocenters. The summed E-state index contributed by atoms with van der Waals surface area (Å²) in [6, 6.07) is 13.4. The van der Waals surface area contributed by atoms with Gasteiger partial charge in [0.15, 0.2) is 0 Å². The van der Waals surface area contributed by atoms with E-state index in [2.05, 4.69) is 15.6 Å². The molecule has 98 valence electrons. The number of anilines is 2. The van der Waals surface area contributed by atoms with Crippen molar-refractivity contribution >= 4 is 17.4 Å². The Hall–Kier alpha value is -2.36. The van der Waals surface area contributed by atoms with Crippen molar-refractivity contribution in [1.82, 2.24) is 4.98 Å². The van der Waals surface area contributed by atoms with Gasteiger partial charge in [-0.3, -0.25) is 4.79 Å². The van der Waals surface area contributed by atoms with Crippen molar-refractivity contribution in [3.05, 3.63) is 53.7 Å². The molecule has 4 heteroatoms. The Bertz CT molecular complexity index is 547. The average molecular weight is 255 g/mol. The van der Waals surface area contributed by atoms with Gasteiger partial charge in [-0.2, -0.15) is 0 Å². The summed E-state index contributed by atoms with van der Waals surface area (Å²) in [6.45, 7) is 4.11. The SMILES string of the molecule is Cc1cc(C)nc(NC(=O)CNc2ccccc2)c1. The van der Waals surface area contributed by atoms with E-state index < -0.39 is 0 Å². The van der Waals surface area contributed by atoms with Crippen LogP contribution in [0.5, 0.6) is 0 Å². The number of hydrogen-bond acceptors (Lipinski definition) is 3. The molecule has 0 saturated heterocycles. The van der Waals surface area contributed by atoms with Gasteiger partial charge >= 0.3 is 0 Å². The monoisotopic (exact) mass is 255 g/mol. The summed E-state index contributed by atoms with van der Waals surface area (Å²) in [7, 11) is 0. The van der Waals surface area contributed by atoms with E-state index in [1.54, 1.807) is 0 Å². The number of amides is 1. The second-order valence-corrected chi connectivity index (χ2v) is 4.44. The van der Waals surface area contributed by atoms with Gasteiger partial charge in [-0.15, -0.1) is 0 Å². The summed E-state index contributed by atoms with van der Waals surface area (Å²) in [5.74, 6) is 0.485. The Balaban J connectivity index is 1.91. The van der Waals surface area contributed by atoms with E-state index in [-0.39, 0.29) is 12.5 Å². The van der Waals surface area contributed by atoms with Crippen LogP contribution in [0, 0.1) is 13.8 Å². The summed E-state index contributed by atoms with van der Waals surface area (Å²) in [6.07, 6.45) is 0. The first kappa shape index (κ1) is 13.1. The lowest BCUT2D eigenvalue weighted by Gasteiger charge is -2.08. The summed E-state index contributed by atoms with van der Waals surface area (Å²) in [5.41, 5.74) is 2.90. The van der Waals surface area contributed by atoms with Gasteiger partial charge in [0.05, 0.1) is 6.54 Å². The molecule has 2 aromatic rings. The Labute approximate surface area is 112 Å². The molecule has 0 spiro atoms. The normalized spacial score (nSPS) is 10.0.